The normalized spacial score (nSPS) is 10.0. The number of amides is 3. The highest BCUT2D eigenvalue weighted by Crippen LogP contribution is 2.20. The molecular weight excluding hydrogens is 290 g/mol. The van der Waals surface area contributed by atoms with E-state index in [1.165, 1.54) is 19.9 Å². The van der Waals surface area contributed by atoms with Gasteiger partial charge in [0.15, 0.2) is 0 Å². The minimum Gasteiger partial charge on any atom is -0.355 e. The Morgan fingerprint density at radius 1 is 1.19 bits per heavy atom. The van der Waals surface area contributed by atoms with Crippen LogP contribution < -0.4 is 16.0 Å². The standard InChI is InChI=1S/C15H22ClN3O2/c1-3-4-5-6-9-18-15(21)19-11-7-8-12(13(16)10-11)14(20)17-2/h7-8,10H,3-6,9H2,1-2H3,(H,17,20)(H2,18,19,21). The molecule has 0 aromatic heterocycles. The number of carbonyl (C=O) groups is 2. The molecule has 0 spiro atoms. The first-order chi connectivity index (χ1) is 10.1. The summed E-state index contributed by atoms with van der Waals surface area (Å²) >= 11 is 6.02. The fraction of sp³-hybridized carbons (Fsp3) is 0.467. The van der Waals surface area contributed by atoms with Crippen molar-refractivity contribution in [3.63, 3.8) is 0 Å². The molecule has 5 nitrogen and oxygen atoms in total. The lowest BCUT2D eigenvalue weighted by atomic mass is 10.2. The maximum Gasteiger partial charge on any atom is 0.319 e. The van der Waals surface area contributed by atoms with E-state index < -0.39 is 0 Å². The fourth-order valence-corrected chi connectivity index (χ4v) is 2.11. The number of anilines is 1. The summed E-state index contributed by atoms with van der Waals surface area (Å²) in [7, 11) is 1.54. The van der Waals surface area contributed by atoms with Crippen molar-refractivity contribution in [1.29, 1.82) is 0 Å². The van der Waals surface area contributed by atoms with Gasteiger partial charge >= 0.3 is 6.03 Å². The second kappa shape index (κ2) is 9.23. The number of urea groups is 1. The number of halogens is 1. The Kier molecular flexibility index (Phi) is 7.61. The van der Waals surface area contributed by atoms with Crippen LogP contribution in [0.3, 0.4) is 0 Å². The Labute approximate surface area is 130 Å². The molecule has 0 saturated carbocycles. The average molecular weight is 312 g/mol. The number of hydrogen-bond acceptors (Lipinski definition) is 2. The lowest BCUT2D eigenvalue weighted by Gasteiger charge is -2.09. The van der Waals surface area contributed by atoms with Gasteiger partial charge in [-0.25, -0.2) is 4.79 Å². The third-order valence-corrected chi connectivity index (χ3v) is 3.33. The molecule has 0 aliphatic rings. The zero-order chi connectivity index (χ0) is 15.7. The Morgan fingerprint density at radius 3 is 2.57 bits per heavy atom. The van der Waals surface area contributed by atoms with Crippen LogP contribution in [0.5, 0.6) is 0 Å². The minimum absolute atomic E-state index is 0.257. The minimum atomic E-state index is -0.268. The van der Waals surface area contributed by atoms with Crippen molar-refractivity contribution in [3.8, 4) is 0 Å². The Bertz CT molecular complexity index is 492. The van der Waals surface area contributed by atoms with Gasteiger partial charge in [0, 0.05) is 19.3 Å². The van der Waals surface area contributed by atoms with E-state index >= 15 is 0 Å². The van der Waals surface area contributed by atoms with Crippen molar-refractivity contribution in [2.24, 2.45) is 0 Å². The first-order valence-corrected chi connectivity index (χ1v) is 7.52. The van der Waals surface area contributed by atoms with E-state index in [2.05, 4.69) is 22.9 Å². The monoisotopic (exact) mass is 311 g/mol. The molecule has 1 aromatic rings. The first-order valence-electron chi connectivity index (χ1n) is 7.15. The van der Waals surface area contributed by atoms with Crippen LogP contribution in [0.2, 0.25) is 5.02 Å². The van der Waals surface area contributed by atoms with Gasteiger partial charge in [0.05, 0.1) is 10.6 Å². The molecule has 1 aromatic carbocycles. The predicted molar refractivity (Wildman–Crippen MR) is 86.0 cm³/mol. The van der Waals surface area contributed by atoms with Crippen molar-refractivity contribution in [2.45, 2.75) is 32.6 Å². The van der Waals surface area contributed by atoms with E-state index in [1.54, 1.807) is 18.2 Å². The van der Waals surface area contributed by atoms with Gasteiger partial charge in [-0.15, -0.1) is 0 Å². The zero-order valence-electron chi connectivity index (χ0n) is 12.5. The van der Waals surface area contributed by atoms with Crippen LogP contribution >= 0.6 is 11.6 Å². The molecule has 3 amide bonds. The van der Waals surface area contributed by atoms with Crippen LogP contribution in [-0.2, 0) is 0 Å². The van der Waals surface area contributed by atoms with Crippen molar-refractivity contribution in [3.05, 3.63) is 28.8 Å². The summed E-state index contributed by atoms with van der Waals surface area (Å²) in [5.41, 5.74) is 0.934. The number of hydrogen-bond donors (Lipinski definition) is 3. The van der Waals surface area contributed by atoms with Gasteiger partial charge in [-0.3, -0.25) is 4.79 Å². The number of benzene rings is 1. The SMILES string of the molecule is CCCCCCNC(=O)Nc1ccc(C(=O)NC)c(Cl)c1. The molecule has 6 heteroatoms. The summed E-state index contributed by atoms with van der Waals surface area (Å²) < 4.78 is 0. The second-order valence-electron chi connectivity index (χ2n) is 4.72. The molecule has 0 aliphatic heterocycles. The van der Waals surface area contributed by atoms with E-state index in [1.807, 2.05) is 0 Å². The van der Waals surface area contributed by atoms with Gasteiger partial charge in [0.2, 0.25) is 0 Å². The van der Waals surface area contributed by atoms with E-state index in [4.69, 9.17) is 11.6 Å². The maximum atomic E-state index is 11.7. The molecule has 0 unspecified atom stereocenters. The summed E-state index contributed by atoms with van der Waals surface area (Å²) in [6, 6.07) is 4.52. The smallest absolute Gasteiger partial charge is 0.319 e. The van der Waals surface area contributed by atoms with Crippen LogP contribution in [0, 0.1) is 0 Å². The van der Waals surface area contributed by atoms with Crippen molar-refractivity contribution < 1.29 is 9.59 Å². The van der Waals surface area contributed by atoms with Crippen LogP contribution in [0.15, 0.2) is 18.2 Å². The van der Waals surface area contributed by atoms with Gasteiger partial charge in [-0.1, -0.05) is 37.8 Å². The largest absolute Gasteiger partial charge is 0.355 e. The van der Waals surface area contributed by atoms with Crippen molar-refractivity contribution in [2.75, 3.05) is 18.9 Å². The number of rotatable bonds is 7. The highest BCUT2D eigenvalue weighted by molar-refractivity contribution is 6.34. The quantitative estimate of drug-likeness (QED) is 0.675. The van der Waals surface area contributed by atoms with Gasteiger partial charge in [-0.05, 0) is 24.6 Å². The summed E-state index contributed by atoms with van der Waals surface area (Å²) in [6.07, 6.45) is 4.43. The Hall–Kier alpha value is -1.75. The molecule has 0 atom stereocenters. The summed E-state index contributed by atoms with van der Waals surface area (Å²) in [6.45, 7) is 2.79. The molecule has 116 valence electrons. The molecule has 21 heavy (non-hydrogen) atoms. The molecule has 0 radical (unpaired) electrons. The first kappa shape index (κ1) is 17.3. The molecule has 0 heterocycles. The van der Waals surface area contributed by atoms with Crippen molar-refractivity contribution >= 4 is 29.2 Å². The highest BCUT2D eigenvalue weighted by Gasteiger charge is 2.10. The average Bonchev–Trinajstić information content (AvgIpc) is 2.46. The van der Waals surface area contributed by atoms with Crippen molar-refractivity contribution in [1.82, 2.24) is 10.6 Å². The van der Waals surface area contributed by atoms with Gasteiger partial charge in [0.1, 0.15) is 0 Å². The summed E-state index contributed by atoms with van der Waals surface area (Å²) in [5.74, 6) is -0.257. The number of unbranched alkanes of at least 4 members (excludes halogenated alkanes) is 3. The Morgan fingerprint density at radius 2 is 1.95 bits per heavy atom. The molecule has 0 aliphatic carbocycles. The van der Waals surface area contributed by atoms with E-state index in [-0.39, 0.29) is 11.9 Å². The third kappa shape index (κ3) is 6.04. The van der Waals surface area contributed by atoms with Crippen LogP contribution in [0.4, 0.5) is 10.5 Å². The van der Waals surface area contributed by atoms with Crippen LogP contribution in [0.1, 0.15) is 43.0 Å². The molecule has 0 bridgehead atoms. The maximum absolute atomic E-state index is 11.7. The lowest BCUT2D eigenvalue weighted by molar-refractivity contribution is 0.0963. The summed E-state index contributed by atoms with van der Waals surface area (Å²) in [4.78, 5) is 23.2. The third-order valence-electron chi connectivity index (χ3n) is 3.01. The highest BCUT2D eigenvalue weighted by atomic mass is 35.5. The Balaban J connectivity index is 2.46. The lowest BCUT2D eigenvalue weighted by Crippen LogP contribution is -2.29. The second-order valence-corrected chi connectivity index (χ2v) is 5.12. The van der Waals surface area contributed by atoms with E-state index in [9.17, 15) is 9.59 Å². The van der Waals surface area contributed by atoms with E-state index in [0.29, 0.717) is 22.8 Å². The van der Waals surface area contributed by atoms with Gasteiger partial charge in [-0.2, -0.15) is 0 Å². The predicted octanol–water partition coefficient (Wildman–Crippen LogP) is 3.40. The van der Waals surface area contributed by atoms with Gasteiger partial charge in [0.25, 0.3) is 5.91 Å². The molecule has 1 rings (SSSR count). The van der Waals surface area contributed by atoms with Crippen LogP contribution in [0.25, 0.3) is 0 Å². The zero-order valence-corrected chi connectivity index (χ0v) is 13.2. The topological polar surface area (TPSA) is 70.2 Å². The van der Waals surface area contributed by atoms with Crippen LogP contribution in [-0.4, -0.2) is 25.5 Å². The van der Waals surface area contributed by atoms with E-state index in [0.717, 1.165) is 12.8 Å². The number of carbonyl (C=O) groups excluding carboxylic acids is 2. The fourth-order valence-electron chi connectivity index (χ4n) is 1.84. The molecule has 0 fully saturated rings. The molecule has 3 N–H and O–H groups in total. The molecule has 0 saturated heterocycles. The summed E-state index contributed by atoms with van der Waals surface area (Å²) in [5, 5.41) is 8.28. The number of nitrogens with one attached hydrogen (secondary N) is 3. The molecular formula is C15H22ClN3O2. The van der Waals surface area contributed by atoms with Gasteiger partial charge < -0.3 is 16.0 Å².